The van der Waals surface area contributed by atoms with Gasteiger partial charge in [-0.2, -0.15) is 0 Å². The van der Waals surface area contributed by atoms with Crippen LogP contribution < -0.4 is 10.5 Å². The molecule has 1 atom stereocenters. The minimum atomic E-state index is -2.94. The second-order valence-electron chi connectivity index (χ2n) is 6.84. The Labute approximate surface area is 171 Å². The number of primary amides is 1. The van der Waals surface area contributed by atoms with Gasteiger partial charge in [0.1, 0.15) is 17.1 Å². The molecule has 1 aromatic heterocycles. The van der Waals surface area contributed by atoms with Crippen LogP contribution >= 0.6 is 0 Å². The predicted octanol–water partition coefficient (Wildman–Crippen LogP) is 1.79. The highest BCUT2D eigenvalue weighted by atomic mass is 32.2. The third kappa shape index (κ3) is 4.77. The van der Waals surface area contributed by atoms with E-state index in [9.17, 15) is 9.00 Å². The number of hydrogen-bond donors (Lipinski definition) is 1. The van der Waals surface area contributed by atoms with Gasteiger partial charge < -0.3 is 19.9 Å². The number of nitrogens with zero attached hydrogens (tertiary/aromatic N) is 1. The number of rotatable bonds is 9. The first-order valence-electron chi connectivity index (χ1n) is 9.41. The number of hydrogen-bond acceptors (Lipinski definition) is 6. The molecule has 156 valence electrons. The van der Waals surface area contributed by atoms with Crippen molar-refractivity contribution in [1.82, 2.24) is 4.98 Å². The molecule has 2 heterocycles. The fraction of sp³-hybridized carbons (Fsp3) is 0.381. The largest absolute Gasteiger partial charge is 0.491 e. The van der Waals surface area contributed by atoms with Gasteiger partial charge >= 0.3 is 0 Å². The molecule has 0 saturated carbocycles. The molecule has 1 aromatic carbocycles. The molecule has 1 aliphatic rings. The standard InChI is InChI=1S/C21H26N2O5S/c1-29(25,21(20(22)24)9-12-26-13-10-21)19-7-5-18(6-8-19)28-15-14-27-16-17-4-2-3-11-23-17/h2-8,11H,1,9-10,12-16H2,(H2,22,24). The number of carbonyl (C=O) groups excluding carboxylic acids is 1. The van der Waals surface area contributed by atoms with E-state index in [4.69, 9.17) is 19.9 Å². The molecule has 7 nitrogen and oxygen atoms in total. The monoisotopic (exact) mass is 418 g/mol. The van der Waals surface area contributed by atoms with Crippen LogP contribution in [0.15, 0.2) is 53.6 Å². The Hall–Kier alpha value is -2.42. The third-order valence-corrected chi connectivity index (χ3v) is 7.96. The number of aromatic nitrogens is 1. The van der Waals surface area contributed by atoms with E-state index in [-0.39, 0.29) is 0 Å². The molecular weight excluding hydrogens is 392 g/mol. The summed E-state index contributed by atoms with van der Waals surface area (Å²) in [5.74, 6) is 3.93. The first-order valence-corrected chi connectivity index (χ1v) is 11.1. The molecule has 0 bridgehead atoms. The number of amides is 1. The molecule has 29 heavy (non-hydrogen) atoms. The van der Waals surface area contributed by atoms with Crippen LogP contribution in [-0.4, -0.2) is 52.1 Å². The molecule has 0 spiro atoms. The smallest absolute Gasteiger partial charge is 0.236 e. The van der Waals surface area contributed by atoms with Gasteiger partial charge in [-0.05, 0) is 55.1 Å². The normalized spacial score (nSPS) is 17.9. The van der Waals surface area contributed by atoms with Crippen LogP contribution in [0, 0.1) is 0 Å². The van der Waals surface area contributed by atoms with Crippen molar-refractivity contribution in [2.24, 2.45) is 5.73 Å². The molecule has 1 fully saturated rings. The summed E-state index contributed by atoms with van der Waals surface area (Å²) in [5.41, 5.74) is 6.49. The molecule has 2 N–H and O–H groups in total. The fourth-order valence-electron chi connectivity index (χ4n) is 3.30. The SMILES string of the molecule is C=S(=O)(c1ccc(OCCOCc2ccccn2)cc1)C1(C(N)=O)CCOCC1. The van der Waals surface area contributed by atoms with Crippen LogP contribution in [0.25, 0.3) is 0 Å². The minimum absolute atomic E-state index is 0.302. The average Bonchev–Trinajstić information content (AvgIpc) is 2.75. The van der Waals surface area contributed by atoms with E-state index in [0.717, 1.165) is 5.69 Å². The molecule has 0 radical (unpaired) electrons. The van der Waals surface area contributed by atoms with E-state index < -0.39 is 20.2 Å². The highest BCUT2D eigenvalue weighted by Crippen LogP contribution is 2.35. The maximum atomic E-state index is 13.5. The molecule has 2 aromatic rings. The Balaban J connectivity index is 1.57. The highest BCUT2D eigenvalue weighted by molar-refractivity contribution is 8.02. The molecule has 8 heteroatoms. The van der Waals surface area contributed by atoms with Crippen LogP contribution in [-0.2, 0) is 30.4 Å². The van der Waals surface area contributed by atoms with Gasteiger partial charge in [0.05, 0.1) is 18.9 Å². The van der Waals surface area contributed by atoms with Crippen LogP contribution in [0.5, 0.6) is 5.75 Å². The van der Waals surface area contributed by atoms with Gasteiger partial charge in [-0.15, -0.1) is 0 Å². The van der Waals surface area contributed by atoms with Gasteiger partial charge in [-0.1, -0.05) is 6.07 Å². The summed E-state index contributed by atoms with van der Waals surface area (Å²) in [6, 6.07) is 12.5. The van der Waals surface area contributed by atoms with Crippen LogP contribution in [0.1, 0.15) is 18.5 Å². The van der Waals surface area contributed by atoms with Crippen LogP contribution in [0.4, 0.5) is 0 Å². The van der Waals surface area contributed by atoms with Gasteiger partial charge in [0.15, 0.2) is 0 Å². The number of carbonyl (C=O) groups is 1. The number of nitrogens with two attached hydrogens (primary N) is 1. The summed E-state index contributed by atoms with van der Waals surface area (Å²) in [4.78, 5) is 16.8. The molecule has 3 rings (SSSR count). The number of benzene rings is 1. The molecule has 1 saturated heterocycles. The Morgan fingerprint density at radius 1 is 1.17 bits per heavy atom. The van der Waals surface area contributed by atoms with E-state index >= 15 is 0 Å². The Morgan fingerprint density at radius 2 is 1.90 bits per heavy atom. The summed E-state index contributed by atoms with van der Waals surface area (Å²) < 4.78 is 28.8. The maximum Gasteiger partial charge on any atom is 0.236 e. The molecule has 1 unspecified atom stereocenters. The lowest BCUT2D eigenvalue weighted by atomic mass is 9.98. The van der Waals surface area contributed by atoms with Gasteiger partial charge in [-0.3, -0.25) is 14.0 Å². The zero-order valence-corrected chi connectivity index (χ0v) is 17.1. The van der Waals surface area contributed by atoms with Crippen molar-refractivity contribution in [2.75, 3.05) is 26.4 Å². The van der Waals surface area contributed by atoms with Crippen molar-refractivity contribution >= 4 is 21.3 Å². The summed E-state index contributed by atoms with van der Waals surface area (Å²) in [5, 5.41) is 0. The Kier molecular flexibility index (Phi) is 6.89. The first-order chi connectivity index (χ1) is 14.0. The maximum absolute atomic E-state index is 13.5. The van der Waals surface area contributed by atoms with E-state index in [1.54, 1.807) is 30.5 Å². The number of pyridine rings is 1. The lowest BCUT2D eigenvalue weighted by Crippen LogP contribution is -2.53. The average molecular weight is 419 g/mol. The molecule has 1 amide bonds. The minimum Gasteiger partial charge on any atom is -0.491 e. The molecular formula is C21H26N2O5S. The van der Waals surface area contributed by atoms with E-state index in [1.165, 1.54) is 0 Å². The van der Waals surface area contributed by atoms with E-state index in [2.05, 4.69) is 10.9 Å². The van der Waals surface area contributed by atoms with Crippen molar-refractivity contribution in [3.05, 3.63) is 54.4 Å². The predicted molar refractivity (Wildman–Crippen MR) is 111 cm³/mol. The highest BCUT2D eigenvalue weighted by Gasteiger charge is 2.46. The first kappa shape index (κ1) is 21.3. The number of ether oxygens (including phenoxy) is 3. The lowest BCUT2D eigenvalue weighted by molar-refractivity contribution is -0.122. The second-order valence-corrected chi connectivity index (χ2v) is 9.44. The Bertz CT molecular complexity index is 908. The summed E-state index contributed by atoms with van der Waals surface area (Å²) in [6.07, 6.45) is 2.33. The Morgan fingerprint density at radius 3 is 2.52 bits per heavy atom. The van der Waals surface area contributed by atoms with Crippen molar-refractivity contribution in [1.29, 1.82) is 0 Å². The van der Waals surface area contributed by atoms with Crippen molar-refractivity contribution < 1.29 is 23.2 Å². The van der Waals surface area contributed by atoms with Crippen molar-refractivity contribution in [3.8, 4) is 5.75 Å². The van der Waals surface area contributed by atoms with E-state index in [1.807, 2.05) is 18.2 Å². The second kappa shape index (κ2) is 9.39. The summed E-state index contributed by atoms with van der Waals surface area (Å²) in [7, 11) is -2.94. The van der Waals surface area contributed by atoms with E-state index in [0.29, 0.717) is 56.5 Å². The van der Waals surface area contributed by atoms with Crippen LogP contribution in [0.2, 0.25) is 0 Å². The molecule has 1 aliphatic heterocycles. The third-order valence-electron chi connectivity index (χ3n) is 5.06. The quantitative estimate of drug-likeness (QED) is 0.492. The topological polar surface area (TPSA) is 101 Å². The van der Waals surface area contributed by atoms with Crippen molar-refractivity contribution in [2.45, 2.75) is 29.1 Å². The summed E-state index contributed by atoms with van der Waals surface area (Å²) >= 11 is 0. The lowest BCUT2D eigenvalue weighted by Gasteiger charge is -2.37. The van der Waals surface area contributed by atoms with Gasteiger partial charge in [0.25, 0.3) is 0 Å². The van der Waals surface area contributed by atoms with Crippen LogP contribution in [0.3, 0.4) is 0 Å². The molecule has 0 aliphatic carbocycles. The van der Waals surface area contributed by atoms with Gasteiger partial charge in [-0.25, -0.2) is 0 Å². The van der Waals surface area contributed by atoms with Gasteiger partial charge in [0.2, 0.25) is 5.91 Å². The fourth-order valence-corrected chi connectivity index (χ4v) is 5.48. The van der Waals surface area contributed by atoms with Crippen molar-refractivity contribution in [3.63, 3.8) is 0 Å². The van der Waals surface area contributed by atoms with Gasteiger partial charge in [0, 0.05) is 33.8 Å². The zero-order valence-electron chi connectivity index (χ0n) is 16.2. The summed E-state index contributed by atoms with van der Waals surface area (Å²) in [6.45, 7) is 1.89. The zero-order chi connectivity index (χ0) is 20.7.